The van der Waals surface area contributed by atoms with Gasteiger partial charge in [0.15, 0.2) is 5.76 Å². The third-order valence-corrected chi connectivity index (χ3v) is 3.82. The van der Waals surface area contributed by atoms with Crippen molar-refractivity contribution in [3.63, 3.8) is 0 Å². The highest BCUT2D eigenvalue weighted by Gasteiger charge is 2.23. The lowest BCUT2D eigenvalue weighted by Gasteiger charge is -2.22. The van der Waals surface area contributed by atoms with Crippen molar-refractivity contribution in [2.75, 3.05) is 7.05 Å². The number of amides is 1. The normalized spacial score (nSPS) is 12.1. The molecule has 1 amide bonds. The highest BCUT2D eigenvalue weighted by molar-refractivity contribution is 5.80. The molecule has 0 spiro atoms. The van der Waals surface area contributed by atoms with Crippen LogP contribution in [0.15, 0.2) is 53.6 Å². The summed E-state index contributed by atoms with van der Waals surface area (Å²) in [6, 6.07) is 7.07. The minimum atomic E-state index is -0.312. The molecule has 0 saturated carbocycles. The van der Waals surface area contributed by atoms with Crippen molar-refractivity contribution in [3.8, 4) is 11.3 Å². The van der Waals surface area contributed by atoms with Gasteiger partial charge in [0.2, 0.25) is 5.91 Å². The number of hydrogen-bond donors (Lipinski definition) is 0. The van der Waals surface area contributed by atoms with Gasteiger partial charge >= 0.3 is 0 Å². The average Bonchev–Trinajstić information content (AvgIpc) is 3.28. The molecule has 3 heterocycles. The number of likely N-dealkylation sites (N-methyl/N-ethyl adjacent to an activating group) is 1. The standard InChI is InChI=1S/C17H19N5O2/c1-3-16(22-10-4-7-19-22)17(23)21(2)12-14-11-15(20-24-14)13-5-8-18-9-6-13/h4-11,16H,3,12H2,1-2H3/t16-/m1/s1. The van der Waals surface area contributed by atoms with E-state index in [1.54, 1.807) is 41.4 Å². The topological polar surface area (TPSA) is 77.0 Å². The monoisotopic (exact) mass is 325 g/mol. The smallest absolute Gasteiger partial charge is 0.247 e. The molecule has 1 atom stereocenters. The van der Waals surface area contributed by atoms with Gasteiger partial charge in [-0.25, -0.2) is 0 Å². The van der Waals surface area contributed by atoms with Gasteiger partial charge in [0.1, 0.15) is 11.7 Å². The Morgan fingerprint density at radius 3 is 2.79 bits per heavy atom. The lowest BCUT2D eigenvalue weighted by molar-refractivity contribution is -0.134. The molecular formula is C17H19N5O2. The summed E-state index contributed by atoms with van der Waals surface area (Å²) in [6.07, 6.45) is 7.55. The van der Waals surface area contributed by atoms with E-state index in [1.165, 1.54) is 0 Å². The first-order valence-corrected chi connectivity index (χ1v) is 7.79. The van der Waals surface area contributed by atoms with Gasteiger partial charge in [-0.2, -0.15) is 5.10 Å². The summed E-state index contributed by atoms with van der Waals surface area (Å²) >= 11 is 0. The summed E-state index contributed by atoms with van der Waals surface area (Å²) in [6.45, 7) is 2.32. The Morgan fingerprint density at radius 1 is 1.33 bits per heavy atom. The molecule has 0 aliphatic heterocycles. The lowest BCUT2D eigenvalue weighted by atomic mass is 10.2. The predicted octanol–water partition coefficient (Wildman–Crippen LogP) is 2.54. The fraction of sp³-hybridized carbons (Fsp3) is 0.294. The summed E-state index contributed by atoms with van der Waals surface area (Å²) in [5, 5.41) is 8.22. The minimum Gasteiger partial charge on any atom is -0.359 e. The van der Waals surface area contributed by atoms with Crippen LogP contribution in [-0.4, -0.2) is 37.8 Å². The van der Waals surface area contributed by atoms with Gasteiger partial charge < -0.3 is 9.42 Å². The molecule has 3 rings (SSSR count). The molecule has 0 saturated heterocycles. The van der Waals surface area contributed by atoms with Crippen LogP contribution in [0.2, 0.25) is 0 Å². The van der Waals surface area contributed by atoms with Gasteiger partial charge in [0.25, 0.3) is 0 Å². The lowest BCUT2D eigenvalue weighted by Crippen LogP contribution is -2.34. The van der Waals surface area contributed by atoms with Crippen molar-refractivity contribution in [1.82, 2.24) is 24.8 Å². The molecule has 0 aromatic carbocycles. The Balaban J connectivity index is 1.69. The molecule has 0 radical (unpaired) electrons. The molecule has 24 heavy (non-hydrogen) atoms. The maximum absolute atomic E-state index is 12.6. The minimum absolute atomic E-state index is 0.0111. The van der Waals surface area contributed by atoms with Crippen molar-refractivity contribution in [1.29, 1.82) is 0 Å². The number of nitrogens with zero attached hydrogens (tertiary/aromatic N) is 5. The highest BCUT2D eigenvalue weighted by atomic mass is 16.5. The van der Waals surface area contributed by atoms with E-state index in [0.717, 1.165) is 11.3 Å². The van der Waals surface area contributed by atoms with Crippen LogP contribution in [0.4, 0.5) is 0 Å². The van der Waals surface area contributed by atoms with Crippen LogP contribution in [-0.2, 0) is 11.3 Å². The van der Waals surface area contributed by atoms with Crippen LogP contribution in [0.1, 0.15) is 25.1 Å². The van der Waals surface area contributed by atoms with E-state index in [2.05, 4.69) is 15.2 Å². The molecule has 0 unspecified atom stereocenters. The van der Waals surface area contributed by atoms with Crippen molar-refractivity contribution < 1.29 is 9.32 Å². The fourth-order valence-corrected chi connectivity index (χ4v) is 2.55. The largest absolute Gasteiger partial charge is 0.359 e. The molecule has 0 N–H and O–H groups in total. The average molecular weight is 325 g/mol. The highest BCUT2D eigenvalue weighted by Crippen LogP contribution is 2.20. The summed E-state index contributed by atoms with van der Waals surface area (Å²) in [5.41, 5.74) is 1.66. The van der Waals surface area contributed by atoms with Crippen molar-refractivity contribution in [3.05, 3.63) is 54.8 Å². The van der Waals surface area contributed by atoms with E-state index in [1.807, 2.05) is 31.2 Å². The second-order valence-corrected chi connectivity index (χ2v) is 5.52. The maximum atomic E-state index is 12.6. The van der Waals surface area contributed by atoms with Crippen LogP contribution in [0.5, 0.6) is 0 Å². The second kappa shape index (κ2) is 7.08. The van der Waals surface area contributed by atoms with Crippen LogP contribution in [0, 0.1) is 0 Å². The molecule has 7 nitrogen and oxygen atoms in total. The number of rotatable bonds is 6. The molecule has 0 bridgehead atoms. The maximum Gasteiger partial charge on any atom is 0.247 e. The summed E-state index contributed by atoms with van der Waals surface area (Å²) in [4.78, 5) is 18.3. The molecule has 7 heteroatoms. The van der Waals surface area contributed by atoms with E-state index in [0.29, 0.717) is 18.7 Å². The van der Waals surface area contributed by atoms with Crippen LogP contribution in [0.3, 0.4) is 0 Å². The number of hydrogen-bond acceptors (Lipinski definition) is 5. The molecule has 0 fully saturated rings. The summed E-state index contributed by atoms with van der Waals surface area (Å²) in [5.74, 6) is 0.621. The first-order chi connectivity index (χ1) is 11.7. The zero-order valence-electron chi connectivity index (χ0n) is 13.7. The van der Waals surface area contributed by atoms with Crippen molar-refractivity contribution in [2.45, 2.75) is 25.9 Å². The molecular weight excluding hydrogens is 306 g/mol. The number of carbonyl (C=O) groups is 1. The Morgan fingerprint density at radius 2 is 2.12 bits per heavy atom. The summed E-state index contributed by atoms with van der Waals surface area (Å²) in [7, 11) is 1.75. The van der Waals surface area contributed by atoms with E-state index in [9.17, 15) is 4.79 Å². The van der Waals surface area contributed by atoms with Gasteiger partial charge in [0.05, 0.1) is 6.54 Å². The number of aromatic nitrogens is 4. The van der Waals surface area contributed by atoms with E-state index < -0.39 is 0 Å². The Kier molecular flexibility index (Phi) is 4.69. The zero-order valence-corrected chi connectivity index (χ0v) is 13.7. The predicted molar refractivity (Wildman–Crippen MR) is 87.8 cm³/mol. The molecule has 0 aliphatic rings. The SMILES string of the molecule is CC[C@H](C(=O)N(C)Cc1cc(-c2ccncc2)no1)n1cccn1. The van der Waals surface area contributed by atoms with Gasteiger partial charge in [-0.3, -0.25) is 14.5 Å². The number of pyridine rings is 1. The first-order valence-electron chi connectivity index (χ1n) is 7.79. The van der Waals surface area contributed by atoms with Crippen LogP contribution >= 0.6 is 0 Å². The number of carbonyl (C=O) groups excluding carboxylic acids is 1. The summed E-state index contributed by atoms with van der Waals surface area (Å²) < 4.78 is 7.04. The third-order valence-electron chi connectivity index (χ3n) is 3.82. The van der Waals surface area contributed by atoms with Crippen LogP contribution in [0.25, 0.3) is 11.3 Å². The first kappa shape index (κ1) is 15.9. The van der Waals surface area contributed by atoms with Crippen molar-refractivity contribution >= 4 is 5.91 Å². The Labute approximate surface area is 139 Å². The quantitative estimate of drug-likeness (QED) is 0.696. The van der Waals surface area contributed by atoms with Crippen LogP contribution < -0.4 is 0 Å². The van der Waals surface area contributed by atoms with Gasteiger partial charge in [0, 0.05) is 43.5 Å². The zero-order chi connectivity index (χ0) is 16.9. The van der Waals surface area contributed by atoms with Gasteiger partial charge in [-0.15, -0.1) is 0 Å². The molecule has 3 aromatic rings. The van der Waals surface area contributed by atoms with Gasteiger partial charge in [-0.05, 0) is 24.6 Å². The second-order valence-electron chi connectivity index (χ2n) is 5.52. The van der Waals surface area contributed by atoms with Crippen molar-refractivity contribution in [2.24, 2.45) is 0 Å². The fourth-order valence-electron chi connectivity index (χ4n) is 2.55. The molecule has 124 valence electrons. The molecule has 3 aromatic heterocycles. The Hall–Kier alpha value is -2.96. The van der Waals surface area contributed by atoms with E-state index >= 15 is 0 Å². The van der Waals surface area contributed by atoms with E-state index in [4.69, 9.17) is 4.52 Å². The third kappa shape index (κ3) is 3.34. The van der Waals surface area contributed by atoms with E-state index in [-0.39, 0.29) is 11.9 Å². The molecule has 0 aliphatic carbocycles. The van der Waals surface area contributed by atoms with Gasteiger partial charge in [-0.1, -0.05) is 12.1 Å². The Bertz CT molecular complexity index is 782.